The number of amides is 1. The average Bonchev–Trinajstić information content (AvgIpc) is 3.19. The van der Waals surface area contributed by atoms with E-state index in [9.17, 15) is 18.0 Å². The normalized spacial score (nSPS) is 14.5. The van der Waals surface area contributed by atoms with E-state index >= 15 is 0 Å². The lowest BCUT2D eigenvalue weighted by atomic mass is 10.1. The number of alkyl halides is 3. The number of benzene rings is 1. The minimum atomic E-state index is -4.64. The Balaban J connectivity index is 2.09. The Morgan fingerprint density at radius 1 is 1.45 bits per heavy atom. The maximum atomic E-state index is 12.8. The van der Waals surface area contributed by atoms with Crippen molar-refractivity contribution in [2.45, 2.75) is 25.1 Å². The largest absolute Gasteiger partial charge is 0.483 e. The van der Waals surface area contributed by atoms with Crippen LogP contribution in [0.5, 0.6) is 5.75 Å². The molecule has 0 atom stereocenters. The average molecular weight is 284 g/mol. The number of hydrogen-bond donors (Lipinski definition) is 1. The number of halogens is 3. The van der Waals surface area contributed by atoms with Gasteiger partial charge in [-0.15, -0.1) is 0 Å². The second-order valence-electron chi connectivity index (χ2n) is 4.45. The molecule has 1 aromatic rings. The molecule has 0 saturated heterocycles. The van der Waals surface area contributed by atoms with Crippen LogP contribution in [0.3, 0.4) is 0 Å². The minimum absolute atomic E-state index is 0.118. The molecule has 0 unspecified atom stereocenters. The van der Waals surface area contributed by atoms with Gasteiger partial charge in [-0.1, -0.05) is 0 Å². The first-order chi connectivity index (χ1) is 9.40. The first kappa shape index (κ1) is 14.2. The van der Waals surface area contributed by atoms with Crippen molar-refractivity contribution in [1.82, 2.24) is 5.32 Å². The summed E-state index contributed by atoms with van der Waals surface area (Å²) in [6.07, 6.45) is -2.87. The van der Waals surface area contributed by atoms with Gasteiger partial charge in [-0.3, -0.25) is 4.79 Å². The third-order valence-electron chi connectivity index (χ3n) is 2.72. The van der Waals surface area contributed by atoms with Crippen LogP contribution in [0.25, 0.3) is 0 Å². The van der Waals surface area contributed by atoms with E-state index in [0.717, 1.165) is 18.9 Å². The van der Waals surface area contributed by atoms with Gasteiger partial charge in [0, 0.05) is 6.04 Å². The Morgan fingerprint density at radius 3 is 2.70 bits per heavy atom. The first-order valence-electron chi connectivity index (χ1n) is 5.93. The quantitative estimate of drug-likeness (QED) is 0.922. The van der Waals surface area contributed by atoms with Gasteiger partial charge in [0.1, 0.15) is 5.75 Å². The molecule has 1 N–H and O–H groups in total. The van der Waals surface area contributed by atoms with E-state index in [1.165, 1.54) is 6.07 Å². The zero-order chi connectivity index (χ0) is 14.8. The number of nitrogens with one attached hydrogen (secondary N) is 1. The van der Waals surface area contributed by atoms with Crippen molar-refractivity contribution in [2.24, 2.45) is 0 Å². The number of hydrogen-bond acceptors (Lipinski definition) is 3. The van der Waals surface area contributed by atoms with E-state index in [2.05, 4.69) is 5.32 Å². The van der Waals surface area contributed by atoms with Crippen molar-refractivity contribution in [3.8, 4) is 11.8 Å². The highest BCUT2D eigenvalue weighted by molar-refractivity contribution is 5.78. The van der Waals surface area contributed by atoms with Crippen LogP contribution in [0, 0.1) is 11.3 Å². The molecule has 0 bridgehead atoms. The summed E-state index contributed by atoms with van der Waals surface area (Å²) in [6, 6.07) is 4.71. The van der Waals surface area contributed by atoms with Gasteiger partial charge in [-0.05, 0) is 31.0 Å². The zero-order valence-corrected chi connectivity index (χ0v) is 10.3. The molecular formula is C13H11F3N2O2. The molecule has 0 heterocycles. The smallest absolute Gasteiger partial charge is 0.420 e. The van der Waals surface area contributed by atoms with Crippen LogP contribution in [0.4, 0.5) is 13.2 Å². The van der Waals surface area contributed by atoms with Gasteiger partial charge in [-0.2, -0.15) is 18.4 Å². The maximum absolute atomic E-state index is 12.8. The predicted molar refractivity (Wildman–Crippen MR) is 62.8 cm³/mol. The van der Waals surface area contributed by atoms with Crippen molar-refractivity contribution in [2.75, 3.05) is 6.61 Å². The van der Waals surface area contributed by atoms with Gasteiger partial charge in [0.05, 0.1) is 17.2 Å². The second kappa shape index (κ2) is 5.41. The number of nitriles is 1. The van der Waals surface area contributed by atoms with Crippen LogP contribution in [-0.2, 0) is 11.0 Å². The highest BCUT2D eigenvalue weighted by Gasteiger charge is 2.35. The van der Waals surface area contributed by atoms with Crippen molar-refractivity contribution in [3.63, 3.8) is 0 Å². The van der Waals surface area contributed by atoms with Gasteiger partial charge < -0.3 is 10.1 Å². The Morgan fingerprint density at radius 2 is 2.15 bits per heavy atom. The molecule has 1 aliphatic carbocycles. The molecule has 106 valence electrons. The van der Waals surface area contributed by atoms with E-state index in [-0.39, 0.29) is 11.6 Å². The van der Waals surface area contributed by atoms with Crippen molar-refractivity contribution >= 4 is 5.91 Å². The summed E-state index contributed by atoms with van der Waals surface area (Å²) < 4.78 is 43.4. The van der Waals surface area contributed by atoms with E-state index in [4.69, 9.17) is 10.00 Å². The Labute approximate surface area is 113 Å². The van der Waals surface area contributed by atoms with Gasteiger partial charge >= 0.3 is 6.18 Å². The summed E-state index contributed by atoms with van der Waals surface area (Å²) in [5, 5.41) is 11.2. The van der Waals surface area contributed by atoms with Crippen LogP contribution in [0.1, 0.15) is 24.0 Å². The van der Waals surface area contributed by atoms with Crippen LogP contribution in [0.15, 0.2) is 18.2 Å². The van der Waals surface area contributed by atoms with Crippen LogP contribution in [0.2, 0.25) is 0 Å². The second-order valence-corrected chi connectivity index (χ2v) is 4.45. The molecule has 1 fully saturated rings. The fraction of sp³-hybridized carbons (Fsp3) is 0.385. The Bertz CT molecular complexity index is 560. The van der Waals surface area contributed by atoms with Gasteiger partial charge in [-0.25, -0.2) is 0 Å². The lowest BCUT2D eigenvalue weighted by molar-refractivity contribution is -0.139. The number of carbonyl (C=O) groups is 1. The molecule has 7 heteroatoms. The number of ether oxygens (including phenoxy) is 1. The van der Waals surface area contributed by atoms with E-state index in [0.29, 0.717) is 6.07 Å². The van der Waals surface area contributed by atoms with Crippen molar-refractivity contribution < 1.29 is 22.7 Å². The lowest BCUT2D eigenvalue weighted by Crippen LogP contribution is -2.30. The van der Waals surface area contributed by atoms with E-state index in [1.54, 1.807) is 6.07 Å². The van der Waals surface area contributed by atoms with Gasteiger partial charge in [0.25, 0.3) is 5.91 Å². The number of carbonyl (C=O) groups excluding carboxylic acids is 1. The van der Waals surface area contributed by atoms with E-state index in [1.807, 2.05) is 0 Å². The topological polar surface area (TPSA) is 62.1 Å². The molecule has 0 spiro atoms. The SMILES string of the molecule is N#Cc1ccc(OCC(=O)NC2CC2)c(C(F)(F)F)c1. The summed E-state index contributed by atoms with van der Waals surface area (Å²) in [5.41, 5.74) is -1.18. The fourth-order valence-corrected chi connectivity index (χ4v) is 1.59. The fourth-order valence-electron chi connectivity index (χ4n) is 1.59. The van der Waals surface area contributed by atoms with E-state index < -0.39 is 30.0 Å². The summed E-state index contributed by atoms with van der Waals surface area (Å²) in [4.78, 5) is 11.4. The molecular weight excluding hydrogens is 273 g/mol. The van der Waals surface area contributed by atoms with Crippen LogP contribution >= 0.6 is 0 Å². The first-order valence-corrected chi connectivity index (χ1v) is 5.93. The summed E-state index contributed by atoms with van der Waals surface area (Å²) in [7, 11) is 0. The van der Waals surface area contributed by atoms with Crippen LogP contribution in [-0.4, -0.2) is 18.6 Å². The zero-order valence-electron chi connectivity index (χ0n) is 10.3. The molecule has 1 amide bonds. The Hall–Kier alpha value is -2.23. The molecule has 2 rings (SSSR count). The van der Waals surface area contributed by atoms with Crippen molar-refractivity contribution in [1.29, 1.82) is 5.26 Å². The third kappa shape index (κ3) is 3.63. The molecule has 20 heavy (non-hydrogen) atoms. The third-order valence-corrected chi connectivity index (χ3v) is 2.72. The molecule has 4 nitrogen and oxygen atoms in total. The lowest BCUT2D eigenvalue weighted by Gasteiger charge is -2.14. The van der Waals surface area contributed by atoms with Crippen LogP contribution < -0.4 is 10.1 Å². The molecule has 1 saturated carbocycles. The maximum Gasteiger partial charge on any atom is 0.420 e. The monoisotopic (exact) mass is 284 g/mol. The van der Waals surface area contributed by atoms with Gasteiger partial charge in [0.15, 0.2) is 6.61 Å². The standard InChI is InChI=1S/C13H11F3N2O2/c14-13(15,16)10-5-8(6-17)1-4-11(10)20-7-12(19)18-9-2-3-9/h1,4-5,9H,2-3,7H2,(H,18,19). The molecule has 1 aromatic carbocycles. The highest BCUT2D eigenvalue weighted by Crippen LogP contribution is 2.36. The summed E-state index contributed by atoms with van der Waals surface area (Å²) in [5.74, 6) is -0.910. The molecule has 0 radical (unpaired) electrons. The number of rotatable bonds is 4. The van der Waals surface area contributed by atoms with Crippen molar-refractivity contribution in [3.05, 3.63) is 29.3 Å². The van der Waals surface area contributed by atoms with Gasteiger partial charge in [0.2, 0.25) is 0 Å². The summed E-state index contributed by atoms with van der Waals surface area (Å²) >= 11 is 0. The summed E-state index contributed by atoms with van der Waals surface area (Å²) in [6.45, 7) is -0.481. The molecule has 1 aliphatic rings. The predicted octanol–water partition coefficient (Wildman–Crippen LogP) is 2.23. The molecule has 0 aromatic heterocycles. The molecule has 0 aliphatic heterocycles. The number of nitrogens with zero attached hydrogens (tertiary/aromatic N) is 1. The minimum Gasteiger partial charge on any atom is -0.483 e. The highest BCUT2D eigenvalue weighted by atomic mass is 19.4. The Kier molecular flexibility index (Phi) is 3.84.